The lowest BCUT2D eigenvalue weighted by atomic mass is 10.00. The first-order valence-electron chi connectivity index (χ1n) is 7.25. The minimum absolute atomic E-state index is 0.151. The first-order chi connectivity index (χ1) is 10.6. The van der Waals surface area contributed by atoms with Crippen LogP contribution in [0, 0.1) is 12.8 Å². The van der Waals surface area contributed by atoms with E-state index >= 15 is 0 Å². The number of anilines is 1. The Balaban J connectivity index is 1.78. The van der Waals surface area contributed by atoms with Crippen LogP contribution in [-0.2, 0) is 16.1 Å². The standard InChI is InChI=1S/C14H18ClN5O2/c1-3-20-6-5-16-13(20)11-9(4-7-22-11)14(21)17-12-10(15)8(2)18-19-12/h5-6,9,11H,3-4,7H2,1-2H3,(H2,17,18,19,21)/t9-,11-/m1/s1. The van der Waals surface area contributed by atoms with Crippen molar-refractivity contribution < 1.29 is 9.53 Å². The fourth-order valence-corrected chi connectivity index (χ4v) is 2.80. The van der Waals surface area contributed by atoms with E-state index < -0.39 is 0 Å². The van der Waals surface area contributed by atoms with Crippen LogP contribution in [0.3, 0.4) is 0 Å². The van der Waals surface area contributed by atoms with Crippen molar-refractivity contribution in [1.29, 1.82) is 0 Å². The largest absolute Gasteiger partial charge is 0.369 e. The first kappa shape index (κ1) is 15.1. The molecule has 3 heterocycles. The molecule has 3 rings (SSSR count). The Morgan fingerprint density at radius 2 is 2.45 bits per heavy atom. The molecule has 0 spiro atoms. The molecule has 0 radical (unpaired) electrons. The Bertz CT molecular complexity index is 681. The molecular formula is C14H18ClN5O2. The highest BCUT2D eigenvalue weighted by molar-refractivity contribution is 6.34. The fourth-order valence-electron chi connectivity index (χ4n) is 2.67. The van der Waals surface area contributed by atoms with Crippen LogP contribution in [-0.4, -0.2) is 32.3 Å². The highest BCUT2D eigenvalue weighted by atomic mass is 35.5. The van der Waals surface area contributed by atoms with Crippen molar-refractivity contribution in [3.8, 4) is 0 Å². The van der Waals surface area contributed by atoms with Crippen LogP contribution < -0.4 is 5.32 Å². The number of hydrogen-bond donors (Lipinski definition) is 2. The van der Waals surface area contributed by atoms with E-state index in [2.05, 4.69) is 20.5 Å². The number of nitrogens with zero attached hydrogens (tertiary/aromatic N) is 3. The monoisotopic (exact) mass is 323 g/mol. The van der Waals surface area contributed by atoms with Gasteiger partial charge >= 0.3 is 0 Å². The first-order valence-corrected chi connectivity index (χ1v) is 7.63. The van der Waals surface area contributed by atoms with Crippen molar-refractivity contribution in [2.24, 2.45) is 5.92 Å². The summed E-state index contributed by atoms with van der Waals surface area (Å²) in [5.41, 5.74) is 0.720. The maximum absolute atomic E-state index is 12.5. The van der Waals surface area contributed by atoms with Gasteiger partial charge in [0.05, 0.1) is 11.6 Å². The number of aryl methyl sites for hydroxylation is 2. The second-order valence-electron chi connectivity index (χ2n) is 5.26. The van der Waals surface area contributed by atoms with Gasteiger partial charge in [0, 0.05) is 25.5 Å². The number of ether oxygens (including phenoxy) is 1. The minimum atomic E-state index is -0.339. The predicted molar refractivity (Wildman–Crippen MR) is 81.7 cm³/mol. The second kappa shape index (κ2) is 6.10. The summed E-state index contributed by atoms with van der Waals surface area (Å²) >= 11 is 6.09. The van der Waals surface area contributed by atoms with Gasteiger partial charge in [0.1, 0.15) is 17.0 Å². The predicted octanol–water partition coefficient (Wildman–Crippen LogP) is 2.30. The maximum atomic E-state index is 12.5. The molecule has 1 aliphatic heterocycles. The van der Waals surface area contributed by atoms with Crippen molar-refractivity contribution in [2.75, 3.05) is 11.9 Å². The molecule has 0 aromatic carbocycles. The number of hydrogen-bond acceptors (Lipinski definition) is 4. The van der Waals surface area contributed by atoms with Crippen LogP contribution in [0.25, 0.3) is 0 Å². The van der Waals surface area contributed by atoms with Crippen molar-refractivity contribution in [1.82, 2.24) is 19.7 Å². The summed E-state index contributed by atoms with van der Waals surface area (Å²) in [5.74, 6) is 0.681. The summed E-state index contributed by atoms with van der Waals surface area (Å²) in [5, 5.41) is 9.94. The fraction of sp³-hybridized carbons (Fsp3) is 0.500. The number of aromatic nitrogens is 4. The molecule has 1 fully saturated rings. The highest BCUT2D eigenvalue weighted by Gasteiger charge is 2.38. The lowest BCUT2D eigenvalue weighted by Gasteiger charge is -2.18. The minimum Gasteiger partial charge on any atom is -0.369 e. The molecule has 7 nitrogen and oxygen atoms in total. The zero-order valence-corrected chi connectivity index (χ0v) is 13.2. The number of amides is 1. The molecule has 22 heavy (non-hydrogen) atoms. The van der Waals surface area contributed by atoms with Crippen LogP contribution in [0.5, 0.6) is 0 Å². The number of aromatic amines is 1. The molecule has 0 saturated carbocycles. The number of rotatable bonds is 4. The van der Waals surface area contributed by atoms with Gasteiger partial charge in [0.15, 0.2) is 5.82 Å². The molecule has 2 atom stereocenters. The maximum Gasteiger partial charge on any atom is 0.231 e. The lowest BCUT2D eigenvalue weighted by molar-refractivity contribution is -0.121. The van der Waals surface area contributed by atoms with Gasteiger partial charge in [-0.05, 0) is 20.3 Å². The zero-order valence-electron chi connectivity index (χ0n) is 12.5. The summed E-state index contributed by atoms with van der Waals surface area (Å²) in [6.07, 6.45) is 3.92. The number of H-pyrrole nitrogens is 1. The Morgan fingerprint density at radius 1 is 1.64 bits per heavy atom. The van der Waals surface area contributed by atoms with Crippen molar-refractivity contribution in [3.05, 3.63) is 28.9 Å². The van der Waals surface area contributed by atoms with Gasteiger partial charge in [-0.3, -0.25) is 9.89 Å². The average molecular weight is 324 g/mol. The smallest absolute Gasteiger partial charge is 0.231 e. The Kier molecular flexibility index (Phi) is 4.17. The molecule has 2 N–H and O–H groups in total. The third-order valence-electron chi connectivity index (χ3n) is 3.89. The van der Waals surface area contributed by atoms with Crippen LogP contribution in [0.15, 0.2) is 12.4 Å². The van der Waals surface area contributed by atoms with Crippen molar-refractivity contribution >= 4 is 23.3 Å². The number of carbonyl (C=O) groups excluding carboxylic acids is 1. The zero-order chi connectivity index (χ0) is 15.7. The molecule has 2 aromatic rings. The summed E-state index contributed by atoms with van der Waals surface area (Å²) in [6.45, 7) is 5.15. The van der Waals surface area contributed by atoms with Crippen molar-refractivity contribution in [3.63, 3.8) is 0 Å². The van der Waals surface area contributed by atoms with E-state index in [0.29, 0.717) is 23.9 Å². The molecule has 1 amide bonds. The van der Waals surface area contributed by atoms with E-state index in [9.17, 15) is 4.79 Å². The van der Waals surface area contributed by atoms with E-state index in [0.717, 1.165) is 18.1 Å². The second-order valence-corrected chi connectivity index (χ2v) is 5.64. The molecule has 0 bridgehead atoms. The molecule has 2 aromatic heterocycles. The normalized spacial score (nSPS) is 21.2. The SMILES string of the molecule is CCn1ccnc1[C@@H]1OCC[C@H]1C(=O)Nc1n[nH]c(C)c1Cl. The van der Waals surface area contributed by atoms with E-state index in [-0.39, 0.29) is 17.9 Å². The molecule has 0 aliphatic carbocycles. The summed E-state index contributed by atoms with van der Waals surface area (Å²) in [7, 11) is 0. The molecule has 8 heteroatoms. The van der Waals surface area contributed by atoms with E-state index in [1.807, 2.05) is 17.7 Å². The summed E-state index contributed by atoms with van der Waals surface area (Å²) in [6, 6.07) is 0. The summed E-state index contributed by atoms with van der Waals surface area (Å²) < 4.78 is 7.73. The molecular weight excluding hydrogens is 306 g/mol. The topological polar surface area (TPSA) is 84.8 Å². The van der Waals surface area contributed by atoms with Gasteiger partial charge in [-0.1, -0.05) is 11.6 Å². The summed E-state index contributed by atoms with van der Waals surface area (Å²) in [4.78, 5) is 16.9. The number of carbonyl (C=O) groups is 1. The Hall–Kier alpha value is -1.86. The van der Waals surface area contributed by atoms with E-state index in [1.54, 1.807) is 13.1 Å². The van der Waals surface area contributed by atoms with Crippen LogP contribution in [0.1, 0.15) is 31.0 Å². The van der Waals surface area contributed by atoms with Gasteiger partial charge in [-0.15, -0.1) is 0 Å². The Labute approximate surface area is 133 Å². The molecule has 1 saturated heterocycles. The molecule has 1 aliphatic rings. The molecule has 118 valence electrons. The quantitative estimate of drug-likeness (QED) is 0.904. The Morgan fingerprint density at radius 3 is 3.14 bits per heavy atom. The van der Waals surface area contributed by atoms with Gasteiger partial charge in [0.25, 0.3) is 0 Å². The van der Waals surface area contributed by atoms with Crippen LogP contribution in [0.4, 0.5) is 5.82 Å². The van der Waals surface area contributed by atoms with Crippen molar-refractivity contribution in [2.45, 2.75) is 32.9 Å². The van der Waals surface area contributed by atoms with E-state index in [1.165, 1.54) is 0 Å². The number of halogens is 1. The van der Waals surface area contributed by atoms with Gasteiger partial charge in [-0.25, -0.2) is 4.98 Å². The lowest BCUT2D eigenvalue weighted by Crippen LogP contribution is -2.27. The highest BCUT2D eigenvalue weighted by Crippen LogP contribution is 2.35. The van der Waals surface area contributed by atoms with Gasteiger partial charge < -0.3 is 14.6 Å². The average Bonchev–Trinajstić information content (AvgIpc) is 3.21. The van der Waals surface area contributed by atoms with E-state index in [4.69, 9.17) is 16.3 Å². The third kappa shape index (κ3) is 2.62. The third-order valence-corrected chi connectivity index (χ3v) is 4.35. The van der Waals surface area contributed by atoms with Gasteiger partial charge in [0.2, 0.25) is 5.91 Å². The number of imidazole rings is 1. The van der Waals surface area contributed by atoms with Crippen LogP contribution in [0.2, 0.25) is 5.02 Å². The molecule has 0 unspecified atom stereocenters. The van der Waals surface area contributed by atoms with Crippen LogP contribution >= 0.6 is 11.6 Å². The van der Waals surface area contributed by atoms with Gasteiger partial charge in [-0.2, -0.15) is 5.10 Å². The number of nitrogens with one attached hydrogen (secondary N) is 2.